The van der Waals surface area contributed by atoms with E-state index in [2.05, 4.69) is 5.32 Å². The van der Waals surface area contributed by atoms with Gasteiger partial charge in [0.2, 0.25) is 5.91 Å². The number of imide groups is 1. The van der Waals surface area contributed by atoms with E-state index in [0.29, 0.717) is 5.69 Å². The van der Waals surface area contributed by atoms with Crippen LogP contribution in [-0.4, -0.2) is 28.7 Å². The van der Waals surface area contributed by atoms with Gasteiger partial charge in [-0.2, -0.15) is 0 Å². The third-order valence-electron chi connectivity index (χ3n) is 4.73. The van der Waals surface area contributed by atoms with Crippen LogP contribution in [0.1, 0.15) is 46.5 Å². The molecule has 2 aromatic rings. The highest BCUT2D eigenvalue weighted by molar-refractivity contribution is 6.55. The van der Waals surface area contributed by atoms with E-state index >= 15 is 0 Å². The molecule has 30 heavy (non-hydrogen) atoms. The Bertz CT molecular complexity index is 1020. The van der Waals surface area contributed by atoms with Crippen molar-refractivity contribution in [2.45, 2.75) is 33.2 Å². The fraction of sp³-hybridized carbons (Fsp3) is 0.286. The van der Waals surface area contributed by atoms with Crippen LogP contribution in [0.15, 0.2) is 24.3 Å². The molecule has 5 nitrogen and oxygen atoms in total. The lowest BCUT2D eigenvalue weighted by molar-refractivity contribution is -0.120. The van der Waals surface area contributed by atoms with Crippen LogP contribution in [-0.2, 0) is 4.79 Å². The average Bonchev–Trinajstić information content (AvgIpc) is 2.93. The van der Waals surface area contributed by atoms with E-state index in [1.807, 2.05) is 26.8 Å². The van der Waals surface area contributed by atoms with Gasteiger partial charge in [0.15, 0.2) is 0 Å². The Kier molecular flexibility index (Phi) is 6.68. The van der Waals surface area contributed by atoms with Gasteiger partial charge >= 0.3 is 0 Å². The summed E-state index contributed by atoms with van der Waals surface area (Å²) in [5.41, 5.74) is 1.24. The Labute approximate surface area is 194 Å². The molecule has 0 radical (unpaired) electrons. The number of benzene rings is 2. The second-order valence-corrected chi connectivity index (χ2v) is 9.00. The zero-order valence-corrected chi connectivity index (χ0v) is 19.4. The van der Waals surface area contributed by atoms with Crippen LogP contribution in [0.3, 0.4) is 0 Å². The minimum Gasteiger partial charge on any atom is -0.324 e. The van der Waals surface area contributed by atoms with Crippen LogP contribution in [0.4, 0.5) is 5.69 Å². The number of rotatable bonds is 5. The largest absolute Gasteiger partial charge is 0.324 e. The first kappa shape index (κ1) is 22.9. The maximum absolute atomic E-state index is 13.2. The molecule has 0 spiro atoms. The lowest BCUT2D eigenvalue weighted by Gasteiger charge is -2.26. The van der Waals surface area contributed by atoms with Gasteiger partial charge in [0.1, 0.15) is 6.04 Å². The molecule has 0 aliphatic carbocycles. The summed E-state index contributed by atoms with van der Waals surface area (Å²) in [7, 11) is 0. The number of hydrogen-bond donors (Lipinski definition) is 1. The van der Waals surface area contributed by atoms with Gasteiger partial charge in [0.05, 0.1) is 31.2 Å². The van der Waals surface area contributed by atoms with Crippen molar-refractivity contribution in [2.24, 2.45) is 5.92 Å². The van der Waals surface area contributed by atoms with Gasteiger partial charge in [0.25, 0.3) is 11.8 Å². The van der Waals surface area contributed by atoms with Gasteiger partial charge in [-0.25, -0.2) is 0 Å². The van der Waals surface area contributed by atoms with Crippen molar-refractivity contribution in [2.75, 3.05) is 5.32 Å². The zero-order chi connectivity index (χ0) is 22.3. The van der Waals surface area contributed by atoms with Gasteiger partial charge in [-0.05, 0) is 37.0 Å². The summed E-state index contributed by atoms with van der Waals surface area (Å²) < 4.78 is 0. The Morgan fingerprint density at radius 1 is 0.967 bits per heavy atom. The maximum atomic E-state index is 13.2. The van der Waals surface area contributed by atoms with E-state index in [-0.39, 0.29) is 43.6 Å². The quantitative estimate of drug-likeness (QED) is 0.307. The summed E-state index contributed by atoms with van der Waals surface area (Å²) in [6, 6.07) is 6.15. The fourth-order valence-corrected chi connectivity index (χ4v) is 4.39. The molecule has 1 atom stereocenters. The highest BCUT2D eigenvalue weighted by Gasteiger charge is 2.46. The first-order valence-corrected chi connectivity index (χ1v) is 10.7. The van der Waals surface area contributed by atoms with Crippen molar-refractivity contribution in [3.05, 3.63) is 61.0 Å². The van der Waals surface area contributed by atoms with Crippen molar-refractivity contribution in [1.29, 1.82) is 0 Å². The molecule has 3 amide bonds. The van der Waals surface area contributed by atoms with Gasteiger partial charge in [0, 0.05) is 5.69 Å². The van der Waals surface area contributed by atoms with Crippen molar-refractivity contribution >= 4 is 69.8 Å². The number of nitrogens with one attached hydrogen (secondary N) is 1. The summed E-state index contributed by atoms with van der Waals surface area (Å²) in [6.45, 7) is 5.67. The topological polar surface area (TPSA) is 66.5 Å². The van der Waals surface area contributed by atoms with Crippen LogP contribution in [0.2, 0.25) is 20.1 Å². The van der Waals surface area contributed by atoms with Crippen LogP contribution >= 0.6 is 46.4 Å². The molecule has 158 valence electrons. The molecule has 0 bridgehead atoms. The minimum absolute atomic E-state index is 0.0145. The third kappa shape index (κ3) is 4.04. The SMILES string of the molecule is Cc1cccc(NC(=O)[C@H](CC(C)C)N2C(=O)c3c(Cl)c(Cl)c(Cl)c(Cl)c3C2=O)c1. The van der Waals surface area contributed by atoms with Gasteiger partial charge < -0.3 is 5.32 Å². The number of halogens is 4. The second-order valence-electron chi connectivity index (χ2n) is 7.49. The van der Waals surface area contributed by atoms with Crippen LogP contribution in [0, 0.1) is 12.8 Å². The molecule has 0 aromatic heterocycles. The fourth-order valence-electron chi connectivity index (χ4n) is 3.37. The molecule has 0 unspecified atom stereocenters. The molecule has 2 aromatic carbocycles. The van der Waals surface area contributed by atoms with Crippen LogP contribution in [0.25, 0.3) is 0 Å². The molecule has 9 heteroatoms. The van der Waals surface area contributed by atoms with E-state index in [4.69, 9.17) is 46.4 Å². The van der Waals surface area contributed by atoms with Crippen molar-refractivity contribution in [3.63, 3.8) is 0 Å². The Balaban J connectivity index is 2.03. The number of anilines is 1. The monoisotopic (exact) mass is 486 g/mol. The molecule has 0 fully saturated rings. The summed E-state index contributed by atoms with van der Waals surface area (Å²) >= 11 is 24.5. The van der Waals surface area contributed by atoms with Crippen LogP contribution < -0.4 is 5.32 Å². The van der Waals surface area contributed by atoms with E-state index < -0.39 is 23.8 Å². The van der Waals surface area contributed by atoms with Crippen molar-refractivity contribution in [1.82, 2.24) is 4.90 Å². The average molecular weight is 488 g/mol. The zero-order valence-electron chi connectivity index (χ0n) is 16.4. The molecule has 1 aliphatic rings. The summed E-state index contributed by atoms with van der Waals surface area (Å²) in [4.78, 5) is 40.3. The van der Waals surface area contributed by atoms with E-state index in [1.165, 1.54) is 0 Å². The first-order valence-electron chi connectivity index (χ1n) is 9.15. The van der Waals surface area contributed by atoms with Gasteiger partial charge in [-0.3, -0.25) is 19.3 Å². The number of carbonyl (C=O) groups is 3. The van der Waals surface area contributed by atoms with Gasteiger partial charge in [-0.1, -0.05) is 72.4 Å². The highest BCUT2D eigenvalue weighted by Crippen LogP contribution is 2.45. The summed E-state index contributed by atoms with van der Waals surface area (Å²) in [6.07, 6.45) is 0.250. The standard InChI is InChI=1S/C21H18Cl4N2O3/c1-9(2)7-12(19(28)26-11-6-4-5-10(3)8-11)27-20(29)13-14(21(27)30)16(23)18(25)17(24)15(13)22/h4-6,8-9,12H,7H2,1-3H3,(H,26,28)/t12-/m0/s1. The molecular formula is C21H18Cl4N2O3. The van der Waals surface area contributed by atoms with E-state index in [9.17, 15) is 14.4 Å². The molecule has 0 saturated carbocycles. The van der Waals surface area contributed by atoms with Crippen molar-refractivity contribution in [3.8, 4) is 0 Å². The van der Waals surface area contributed by atoms with E-state index in [1.54, 1.807) is 18.2 Å². The Hall–Kier alpha value is -1.79. The van der Waals surface area contributed by atoms with E-state index in [0.717, 1.165) is 10.5 Å². The minimum atomic E-state index is -1.07. The molecule has 3 rings (SSSR count). The van der Waals surface area contributed by atoms with Crippen molar-refractivity contribution < 1.29 is 14.4 Å². The highest BCUT2D eigenvalue weighted by atomic mass is 35.5. The molecule has 1 heterocycles. The molecule has 1 N–H and O–H groups in total. The number of fused-ring (bicyclic) bond motifs is 1. The summed E-state index contributed by atoms with van der Waals surface area (Å²) in [5, 5.41) is 2.22. The second kappa shape index (κ2) is 8.75. The number of hydrogen-bond acceptors (Lipinski definition) is 3. The number of carbonyl (C=O) groups excluding carboxylic acids is 3. The lowest BCUT2D eigenvalue weighted by atomic mass is 10.0. The van der Waals surface area contributed by atoms with Gasteiger partial charge in [-0.15, -0.1) is 0 Å². The lowest BCUT2D eigenvalue weighted by Crippen LogP contribution is -2.48. The first-order chi connectivity index (χ1) is 14.0. The predicted molar refractivity (Wildman–Crippen MR) is 120 cm³/mol. The Morgan fingerprint density at radius 3 is 1.97 bits per heavy atom. The molecular weight excluding hydrogens is 470 g/mol. The number of nitrogens with zero attached hydrogens (tertiary/aromatic N) is 1. The predicted octanol–water partition coefficient (Wildman–Crippen LogP) is 6.26. The normalized spacial score (nSPS) is 14.3. The summed E-state index contributed by atoms with van der Waals surface area (Å²) in [5.74, 6) is -1.94. The van der Waals surface area contributed by atoms with Crippen LogP contribution in [0.5, 0.6) is 0 Å². The third-order valence-corrected chi connectivity index (χ3v) is 6.53. The maximum Gasteiger partial charge on any atom is 0.263 e. The number of amides is 3. The Morgan fingerprint density at radius 2 is 1.50 bits per heavy atom. The number of aryl methyl sites for hydroxylation is 1. The molecule has 1 aliphatic heterocycles. The smallest absolute Gasteiger partial charge is 0.263 e. The molecule has 0 saturated heterocycles.